The Kier molecular flexibility index (Phi) is 5.48. The van der Waals surface area contributed by atoms with E-state index in [0.29, 0.717) is 18.6 Å². The van der Waals surface area contributed by atoms with Crippen LogP contribution < -0.4 is 5.32 Å². The predicted molar refractivity (Wildman–Crippen MR) is 86.5 cm³/mol. The molecule has 0 aliphatic heterocycles. The van der Waals surface area contributed by atoms with Crippen molar-refractivity contribution in [3.05, 3.63) is 56.5 Å². The van der Waals surface area contributed by atoms with Gasteiger partial charge >= 0.3 is 5.97 Å². The number of nitro groups is 1. The highest BCUT2D eigenvalue weighted by molar-refractivity contribution is 5.98. The number of aryl methyl sites for hydroxylation is 2. The van der Waals surface area contributed by atoms with Gasteiger partial charge in [-0.2, -0.15) is 0 Å². The number of carboxylic acids is 1. The van der Waals surface area contributed by atoms with Crippen LogP contribution in [0.15, 0.2) is 22.7 Å². The van der Waals surface area contributed by atoms with Gasteiger partial charge in [-0.05, 0) is 12.5 Å². The number of carbonyl (C=O) groups excluding carboxylic acids is 1. The molecule has 0 spiro atoms. The summed E-state index contributed by atoms with van der Waals surface area (Å²) >= 11 is 0. The zero-order chi connectivity index (χ0) is 18.6. The monoisotopic (exact) mass is 347 g/mol. The molecule has 132 valence electrons. The lowest BCUT2D eigenvalue weighted by Crippen LogP contribution is -2.24. The van der Waals surface area contributed by atoms with Crippen LogP contribution in [0.4, 0.5) is 5.69 Å². The van der Waals surface area contributed by atoms with Gasteiger partial charge in [-0.15, -0.1) is 0 Å². The van der Waals surface area contributed by atoms with E-state index < -0.39 is 22.5 Å². The summed E-state index contributed by atoms with van der Waals surface area (Å²) in [6, 6.07) is 3.04. The minimum atomic E-state index is -1.35. The molecule has 0 fully saturated rings. The van der Waals surface area contributed by atoms with Crippen LogP contribution >= 0.6 is 0 Å². The lowest BCUT2D eigenvalue weighted by molar-refractivity contribution is -0.384. The summed E-state index contributed by atoms with van der Waals surface area (Å²) in [6.07, 6.45) is 1.24. The zero-order valence-electron chi connectivity index (χ0n) is 13.7. The fourth-order valence-electron chi connectivity index (χ4n) is 2.38. The summed E-state index contributed by atoms with van der Waals surface area (Å²) < 4.78 is 5.21. The molecule has 2 aromatic rings. The minimum Gasteiger partial charge on any atom is -0.478 e. The average molecular weight is 347 g/mol. The summed E-state index contributed by atoms with van der Waals surface area (Å²) in [5.74, 6) is -1.31. The van der Waals surface area contributed by atoms with Crippen molar-refractivity contribution in [2.45, 2.75) is 33.2 Å². The lowest BCUT2D eigenvalue weighted by atomic mass is 10.1. The van der Waals surface area contributed by atoms with Crippen LogP contribution in [0.25, 0.3) is 0 Å². The van der Waals surface area contributed by atoms with Gasteiger partial charge in [-0.25, -0.2) is 4.79 Å². The van der Waals surface area contributed by atoms with Crippen molar-refractivity contribution in [3.8, 4) is 0 Å². The molecule has 0 atom stereocenters. The van der Waals surface area contributed by atoms with Gasteiger partial charge in [0.2, 0.25) is 0 Å². The van der Waals surface area contributed by atoms with Crippen LogP contribution in [0.5, 0.6) is 0 Å². The molecule has 0 bridgehead atoms. The van der Waals surface area contributed by atoms with Gasteiger partial charge in [0, 0.05) is 36.2 Å². The highest BCUT2D eigenvalue weighted by Crippen LogP contribution is 2.19. The number of non-ortho nitro benzene ring substituents is 1. The SMILES string of the molecule is CCc1noc(CC)c1CNC(=O)c1cc(C(=O)O)cc([N+](=O)[O-])c1. The number of aromatic carboxylic acids is 1. The highest BCUT2D eigenvalue weighted by atomic mass is 16.6. The molecular formula is C16H17N3O6. The number of hydrogen-bond acceptors (Lipinski definition) is 6. The molecule has 0 saturated heterocycles. The van der Waals surface area contributed by atoms with Gasteiger partial charge in [0.1, 0.15) is 5.76 Å². The van der Waals surface area contributed by atoms with E-state index in [4.69, 9.17) is 9.63 Å². The van der Waals surface area contributed by atoms with Gasteiger partial charge in [0.05, 0.1) is 16.2 Å². The first kappa shape index (κ1) is 18.1. The molecule has 2 N–H and O–H groups in total. The first-order valence-electron chi connectivity index (χ1n) is 7.64. The van der Waals surface area contributed by atoms with Gasteiger partial charge in [0.25, 0.3) is 11.6 Å². The van der Waals surface area contributed by atoms with Gasteiger partial charge in [0.15, 0.2) is 0 Å². The number of benzene rings is 1. The van der Waals surface area contributed by atoms with Crippen molar-refractivity contribution in [2.75, 3.05) is 0 Å². The van der Waals surface area contributed by atoms with Gasteiger partial charge in [-0.3, -0.25) is 14.9 Å². The average Bonchev–Trinajstić information content (AvgIpc) is 3.00. The number of hydrogen-bond donors (Lipinski definition) is 2. The zero-order valence-corrected chi connectivity index (χ0v) is 13.7. The Morgan fingerprint density at radius 3 is 2.48 bits per heavy atom. The lowest BCUT2D eigenvalue weighted by Gasteiger charge is -2.07. The van der Waals surface area contributed by atoms with Crippen LogP contribution in [0.3, 0.4) is 0 Å². The van der Waals surface area contributed by atoms with Crippen LogP contribution in [-0.4, -0.2) is 27.1 Å². The number of carboxylic acid groups (broad SMARTS) is 1. The van der Waals surface area contributed by atoms with E-state index in [1.54, 1.807) is 0 Å². The fraction of sp³-hybridized carbons (Fsp3) is 0.312. The summed E-state index contributed by atoms with van der Waals surface area (Å²) in [5.41, 5.74) is 0.607. The molecule has 1 aromatic carbocycles. The van der Waals surface area contributed by atoms with Crippen molar-refractivity contribution < 1.29 is 24.1 Å². The maximum absolute atomic E-state index is 12.3. The second-order valence-corrected chi connectivity index (χ2v) is 5.25. The Hall–Kier alpha value is -3.23. The van der Waals surface area contributed by atoms with E-state index in [-0.39, 0.29) is 17.7 Å². The smallest absolute Gasteiger partial charge is 0.335 e. The van der Waals surface area contributed by atoms with E-state index in [0.717, 1.165) is 29.5 Å². The fourth-order valence-corrected chi connectivity index (χ4v) is 2.38. The number of nitro benzene ring substituents is 1. The molecule has 1 heterocycles. The van der Waals surface area contributed by atoms with Crippen molar-refractivity contribution >= 4 is 17.6 Å². The van der Waals surface area contributed by atoms with Crippen LogP contribution in [-0.2, 0) is 19.4 Å². The van der Waals surface area contributed by atoms with Crippen LogP contribution in [0.2, 0.25) is 0 Å². The van der Waals surface area contributed by atoms with Gasteiger partial charge in [-0.1, -0.05) is 19.0 Å². The summed E-state index contributed by atoms with van der Waals surface area (Å²) in [5, 5.41) is 26.5. The summed E-state index contributed by atoms with van der Waals surface area (Å²) in [6.45, 7) is 3.94. The van der Waals surface area contributed by atoms with Crippen molar-refractivity contribution in [3.63, 3.8) is 0 Å². The topological polar surface area (TPSA) is 136 Å². The third kappa shape index (κ3) is 4.00. The third-order valence-corrected chi connectivity index (χ3v) is 3.67. The number of nitrogens with one attached hydrogen (secondary N) is 1. The van der Waals surface area contributed by atoms with Crippen molar-refractivity contribution in [1.82, 2.24) is 10.5 Å². The van der Waals surface area contributed by atoms with E-state index in [1.165, 1.54) is 0 Å². The normalized spacial score (nSPS) is 10.5. The Morgan fingerprint density at radius 1 is 1.24 bits per heavy atom. The Morgan fingerprint density at radius 2 is 1.92 bits per heavy atom. The maximum Gasteiger partial charge on any atom is 0.335 e. The summed E-state index contributed by atoms with van der Waals surface area (Å²) in [7, 11) is 0. The van der Waals surface area contributed by atoms with E-state index in [1.807, 2.05) is 13.8 Å². The van der Waals surface area contributed by atoms with Crippen LogP contribution in [0.1, 0.15) is 51.6 Å². The second kappa shape index (κ2) is 7.56. The minimum absolute atomic E-state index is 0.0980. The number of aromatic nitrogens is 1. The molecule has 0 aliphatic rings. The third-order valence-electron chi connectivity index (χ3n) is 3.67. The summed E-state index contributed by atoms with van der Waals surface area (Å²) in [4.78, 5) is 33.6. The number of rotatable bonds is 7. The number of amides is 1. The van der Waals surface area contributed by atoms with E-state index in [2.05, 4.69) is 10.5 Å². The molecule has 1 amide bonds. The Labute approximate surface area is 142 Å². The van der Waals surface area contributed by atoms with E-state index >= 15 is 0 Å². The number of carbonyl (C=O) groups is 2. The van der Waals surface area contributed by atoms with Gasteiger partial charge < -0.3 is 14.9 Å². The largest absolute Gasteiger partial charge is 0.478 e. The molecule has 1 aromatic heterocycles. The molecule has 9 nitrogen and oxygen atoms in total. The quantitative estimate of drug-likeness (QED) is 0.579. The molecule has 9 heteroatoms. The standard InChI is InChI=1S/C16H17N3O6/c1-3-13-12(14(4-2)25-18-13)8-17-15(20)9-5-10(16(21)22)7-11(6-9)19(23)24/h5-7H,3-4,8H2,1-2H3,(H,17,20)(H,21,22). The van der Waals surface area contributed by atoms with Crippen LogP contribution in [0, 0.1) is 10.1 Å². The Bertz CT molecular complexity index is 774. The number of nitrogens with zero attached hydrogens (tertiary/aromatic N) is 2. The Balaban J connectivity index is 2.25. The molecule has 0 radical (unpaired) electrons. The molecule has 0 saturated carbocycles. The van der Waals surface area contributed by atoms with Crippen molar-refractivity contribution in [2.24, 2.45) is 0 Å². The first-order valence-corrected chi connectivity index (χ1v) is 7.64. The van der Waals surface area contributed by atoms with E-state index in [9.17, 15) is 19.7 Å². The van der Waals surface area contributed by atoms with Crippen molar-refractivity contribution in [1.29, 1.82) is 0 Å². The first-order chi connectivity index (χ1) is 11.9. The maximum atomic E-state index is 12.3. The molecule has 25 heavy (non-hydrogen) atoms. The molecule has 2 rings (SSSR count). The molecular weight excluding hydrogens is 330 g/mol. The molecule has 0 unspecified atom stereocenters. The second-order valence-electron chi connectivity index (χ2n) is 5.25. The molecule has 0 aliphatic carbocycles. The predicted octanol–water partition coefficient (Wildman–Crippen LogP) is 2.34. The highest BCUT2D eigenvalue weighted by Gasteiger charge is 2.19.